The highest BCUT2D eigenvalue weighted by atomic mass is 32.2. The quantitative estimate of drug-likeness (QED) is 0.360. The number of carboxylic acid groups (broad SMARTS) is 1. The van der Waals surface area contributed by atoms with E-state index < -0.39 is 16.0 Å². The van der Waals surface area contributed by atoms with E-state index >= 15 is 0 Å². The normalized spacial score (nSPS) is 11.5. The molecule has 0 aliphatic carbocycles. The van der Waals surface area contributed by atoms with Gasteiger partial charge < -0.3 is 20.7 Å². The lowest BCUT2D eigenvalue weighted by Gasteiger charge is -2.09. The van der Waals surface area contributed by atoms with Crippen molar-refractivity contribution in [2.24, 2.45) is 0 Å². The summed E-state index contributed by atoms with van der Waals surface area (Å²) >= 11 is 0. The van der Waals surface area contributed by atoms with Gasteiger partial charge in [-0.1, -0.05) is 0 Å². The Morgan fingerprint density at radius 1 is 1.33 bits per heavy atom. The number of nitrogen functional groups attached to an aromatic ring is 1. The average molecular weight is 318 g/mol. The molecule has 21 heavy (non-hydrogen) atoms. The molecule has 0 saturated carbocycles. The van der Waals surface area contributed by atoms with E-state index in [1.165, 1.54) is 6.07 Å². The lowest BCUT2D eigenvalue weighted by atomic mass is 10.2. The Morgan fingerprint density at radius 3 is 2.62 bits per heavy atom. The lowest BCUT2D eigenvalue weighted by Crippen LogP contribution is -2.26. The molecule has 0 spiro atoms. The fourth-order valence-electron chi connectivity index (χ4n) is 1.55. The third-order valence-corrected chi connectivity index (χ3v) is 4.07. The average Bonchev–Trinajstić information content (AvgIpc) is 2.42. The third-order valence-electron chi connectivity index (χ3n) is 2.54. The fourth-order valence-corrected chi connectivity index (χ4v) is 2.74. The number of carboxylic acids is 1. The van der Waals surface area contributed by atoms with Crippen molar-refractivity contribution in [1.82, 2.24) is 4.72 Å². The Balaban J connectivity index is 2.64. The summed E-state index contributed by atoms with van der Waals surface area (Å²) in [4.78, 5) is 10.6. The van der Waals surface area contributed by atoms with E-state index in [0.29, 0.717) is 13.0 Å². The van der Waals surface area contributed by atoms with Gasteiger partial charge in [-0.15, -0.1) is 0 Å². The molecular weight excluding hydrogens is 300 g/mol. The van der Waals surface area contributed by atoms with Gasteiger partial charge in [0.05, 0.1) is 24.5 Å². The van der Waals surface area contributed by atoms with Crippen LogP contribution in [0, 0.1) is 0 Å². The summed E-state index contributed by atoms with van der Waals surface area (Å²) in [5.74, 6) is -1.18. The molecule has 0 aliphatic rings. The van der Waals surface area contributed by atoms with Crippen LogP contribution in [0.1, 0.15) is 16.8 Å². The number of aromatic carboxylic acids is 1. The van der Waals surface area contributed by atoms with Gasteiger partial charge in [-0.05, 0) is 24.6 Å². The highest BCUT2D eigenvalue weighted by Gasteiger charge is 2.18. The molecule has 1 rings (SSSR count). The lowest BCUT2D eigenvalue weighted by molar-refractivity contribution is 0.0697. The number of benzene rings is 1. The number of ether oxygens (including phenoxy) is 1. The number of sulfonamides is 1. The molecule has 0 fully saturated rings. The summed E-state index contributed by atoms with van der Waals surface area (Å²) < 4.78 is 31.3. The summed E-state index contributed by atoms with van der Waals surface area (Å²) in [7, 11) is -3.80. The maximum Gasteiger partial charge on any atom is 0.335 e. The number of aliphatic hydroxyl groups excluding tert-OH is 1. The van der Waals surface area contributed by atoms with Crippen molar-refractivity contribution >= 4 is 21.7 Å². The van der Waals surface area contributed by atoms with Gasteiger partial charge in [-0.3, -0.25) is 0 Å². The van der Waals surface area contributed by atoms with Crippen molar-refractivity contribution in [3.05, 3.63) is 23.8 Å². The Bertz CT molecular complexity index is 587. The molecular formula is C12H18N2O6S. The molecule has 118 valence electrons. The van der Waals surface area contributed by atoms with Gasteiger partial charge in [0.2, 0.25) is 10.0 Å². The summed E-state index contributed by atoms with van der Waals surface area (Å²) in [6.07, 6.45) is 0.437. The van der Waals surface area contributed by atoms with Crippen LogP contribution < -0.4 is 10.5 Å². The SMILES string of the molecule is Nc1cc(C(=O)O)ccc1S(=O)(=O)NCCCOCCO. The van der Waals surface area contributed by atoms with E-state index in [4.69, 9.17) is 20.7 Å². The predicted octanol–water partition coefficient (Wildman–Crippen LogP) is -0.356. The van der Waals surface area contributed by atoms with Gasteiger partial charge >= 0.3 is 5.97 Å². The second-order valence-corrected chi connectivity index (χ2v) is 5.88. The first-order valence-electron chi connectivity index (χ1n) is 6.19. The smallest absolute Gasteiger partial charge is 0.335 e. The standard InChI is InChI=1S/C12H18N2O6S/c13-10-8-9(12(16)17)2-3-11(10)21(18,19)14-4-1-6-20-7-5-15/h2-3,8,14-15H,1,4-7,13H2,(H,16,17). The van der Waals surface area contributed by atoms with Crippen molar-refractivity contribution in [2.75, 3.05) is 32.1 Å². The number of nitrogens with two attached hydrogens (primary N) is 1. The zero-order valence-corrected chi connectivity index (χ0v) is 12.1. The predicted molar refractivity (Wildman–Crippen MR) is 75.5 cm³/mol. The number of hydrogen-bond donors (Lipinski definition) is 4. The van der Waals surface area contributed by atoms with Gasteiger partial charge in [-0.25, -0.2) is 17.9 Å². The highest BCUT2D eigenvalue weighted by molar-refractivity contribution is 7.89. The van der Waals surface area contributed by atoms with Crippen LogP contribution >= 0.6 is 0 Å². The molecule has 8 nitrogen and oxygen atoms in total. The number of nitrogens with one attached hydrogen (secondary N) is 1. The number of aliphatic hydroxyl groups is 1. The van der Waals surface area contributed by atoms with Crippen LogP contribution in [0.5, 0.6) is 0 Å². The van der Waals surface area contributed by atoms with E-state index in [1.54, 1.807) is 0 Å². The van der Waals surface area contributed by atoms with Gasteiger partial charge in [-0.2, -0.15) is 0 Å². The van der Waals surface area contributed by atoms with Crippen LogP contribution in [0.4, 0.5) is 5.69 Å². The molecule has 0 heterocycles. The second kappa shape index (κ2) is 7.93. The second-order valence-electron chi connectivity index (χ2n) is 4.15. The van der Waals surface area contributed by atoms with Crippen LogP contribution in [-0.4, -0.2) is 51.0 Å². The van der Waals surface area contributed by atoms with Crippen LogP contribution in [-0.2, 0) is 14.8 Å². The van der Waals surface area contributed by atoms with E-state index in [1.807, 2.05) is 0 Å². The van der Waals surface area contributed by atoms with Crippen LogP contribution in [0.25, 0.3) is 0 Å². The van der Waals surface area contributed by atoms with Crippen molar-refractivity contribution in [3.63, 3.8) is 0 Å². The summed E-state index contributed by atoms with van der Waals surface area (Å²) in [5.41, 5.74) is 5.37. The minimum Gasteiger partial charge on any atom is -0.478 e. The number of anilines is 1. The highest BCUT2D eigenvalue weighted by Crippen LogP contribution is 2.19. The maximum absolute atomic E-state index is 12.0. The van der Waals surface area contributed by atoms with Crippen molar-refractivity contribution in [1.29, 1.82) is 0 Å². The summed E-state index contributed by atoms with van der Waals surface area (Å²) in [6.45, 7) is 0.582. The molecule has 1 aromatic carbocycles. The molecule has 0 unspecified atom stereocenters. The third kappa shape index (κ3) is 5.31. The Hall–Kier alpha value is -1.68. The largest absolute Gasteiger partial charge is 0.478 e. The molecule has 1 aromatic rings. The monoisotopic (exact) mass is 318 g/mol. The molecule has 0 saturated heterocycles. The first-order valence-corrected chi connectivity index (χ1v) is 7.68. The van der Waals surface area contributed by atoms with Gasteiger partial charge in [0.1, 0.15) is 4.90 Å². The first kappa shape index (κ1) is 17.4. The zero-order valence-electron chi connectivity index (χ0n) is 11.3. The molecule has 9 heteroatoms. The summed E-state index contributed by atoms with van der Waals surface area (Å²) in [5, 5.41) is 17.3. The van der Waals surface area contributed by atoms with E-state index in [0.717, 1.165) is 12.1 Å². The molecule has 0 radical (unpaired) electrons. The molecule has 0 aliphatic heterocycles. The Kier molecular flexibility index (Phi) is 6.56. The topological polar surface area (TPSA) is 139 Å². The molecule has 0 bridgehead atoms. The van der Waals surface area contributed by atoms with Crippen molar-refractivity contribution in [3.8, 4) is 0 Å². The summed E-state index contributed by atoms with van der Waals surface area (Å²) in [6, 6.07) is 3.43. The van der Waals surface area contributed by atoms with Gasteiger partial charge in [0, 0.05) is 13.2 Å². The van der Waals surface area contributed by atoms with E-state index in [-0.39, 0.29) is 35.9 Å². The Labute approximate surface area is 122 Å². The molecule has 5 N–H and O–H groups in total. The minimum atomic E-state index is -3.80. The number of hydrogen-bond acceptors (Lipinski definition) is 6. The number of rotatable bonds is 9. The van der Waals surface area contributed by atoms with Crippen LogP contribution in [0.15, 0.2) is 23.1 Å². The van der Waals surface area contributed by atoms with Crippen LogP contribution in [0.2, 0.25) is 0 Å². The minimum absolute atomic E-state index is 0.0798. The molecule has 0 aromatic heterocycles. The van der Waals surface area contributed by atoms with Crippen molar-refractivity contribution < 1.29 is 28.2 Å². The van der Waals surface area contributed by atoms with Gasteiger partial charge in [0.25, 0.3) is 0 Å². The zero-order chi connectivity index (χ0) is 15.9. The van der Waals surface area contributed by atoms with E-state index in [9.17, 15) is 13.2 Å². The van der Waals surface area contributed by atoms with Crippen molar-refractivity contribution in [2.45, 2.75) is 11.3 Å². The van der Waals surface area contributed by atoms with E-state index in [2.05, 4.69) is 4.72 Å². The maximum atomic E-state index is 12.0. The van der Waals surface area contributed by atoms with Crippen LogP contribution in [0.3, 0.4) is 0 Å². The molecule has 0 amide bonds. The van der Waals surface area contributed by atoms with Gasteiger partial charge in [0.15, 0.2) is 0 Å². The fraction of sp³-hybridized carbons (Fsp3) is 0.417. The number of carbonyl (C=O) groups is 1. The Morgan fingerprint density at radius 2 is 2.05 bits per heavy atom. The molecule has 0 atom stereocenters. The first-order chi connectivity index (χ1) is 9.88.